The van der Waals surface area contributed by atoms with Crippen LogP contribution in [0.4, 0.5) is 11.4 Å². The number of amidine groups is 1. The lowest BCUT2D eigenvalue weighted by Gasteiger charge is -2.19. The van der Waals surface area contributed by atoms with Crippen LogP contribution in [0.15, 0.2) is 36.4 Å². The molecule has 0 bridgehead atoms. The first kappa shape index (κ1) is 10.3. The maximum Gasteiger partial charge on any atom is 0.257 e. The van der Waals surface area contributed by atoms with Gasteiger partial charge >= 0.3 is 0 Å². The summed E-state index contributed by atoms with van der Waals surface area (Å²) in [4.78, 5) is 0. The summed E-state index contributed by atoms with van der Waals surface area (Å²) in [6, 6.07) is 12.9. The lowest BCUT2D eigenvalue weighted by atomic mass is 10.0. The highest BCUT2D eigenvalue weighted by Crippen LogP contribution is 2.35. The fraction of sp³-hybridized carbons (Fsp3) is 0.267. The highest BCUT2D eigenvalue weighted by Gasteiger charge is 2.25. The first-order valence-corrected chi connectivity index (χ1v) is 6.08. The largest absolute Gasteiger partial charge is 0.257 e. The second kappa shape index (κ2) is 3.59. The fourth-order valence-electron chi connectivity index (χ4n) is 2.59. The number of rotatable bonds is 1. The predicted octanol–water partition coefficient (Wildman–Crippen LogP) is 3.59. The zero-order valence-electron chi connectivity index (χ0n) is 10.5. The number of hydrogen-bond donors (Lipinski definition) is 1. The van der Waals surface area contributed by atoms with Crippen molar-refractivity contribution in [3.8, 4) is 0 Å². The molecule has 0 saturated carbocycles. The van der Waals surface area contributed by atoms with Gasteiger partial charge in [0.25, 0.3) is 5.84 Å². The van der Waals surface area contributed by atoms with E-state index in [0.29, 0.717) is 5.92 Å². The molecule has 0 spiro atoms. The molecular formula is C15H17N2+. The smallest absolute Gasteiger partial charge is 0.244 e. The van der Waals surface area contributed by atoms with E-state index in [4.69, 9.17) is 0 Å². The molecule has 0 unspecified atom stereocenters. The van der Waals surface area contributed by atoms with E-state index < -0.39 is 0 Å². The molecule has 86 valence electrons. The maximum atomic E-state index is 3.55. The number of hydrogen-bond acceptors (Lipinski definition) is 1. The Labute approximate surface area is 102 Å². The lowest BCUT2D eigenvalue weighted by molar-refractivity contribution is -0.406. The predicted molar refractivity (Wildman–Crippen MR) is 73.3 cm³/mol. The van der Waals surface area contributed by atoms with Crippen LogP contribution >= 0.6 is 0 Å². The Morgan fingerprint density at radius 1 is 1.06 bits per heavy atom. The third-order valence-electron chi connectivity index (χ3n) is 3.42. The molecule has 1 aliphatic heterocycles. The molecule has 1 heterocycles. The van der Waals surface area contributed by atoms with Gasteiger partial charge in [-0.05, 0) is 17.5 Å². The van der Waals surface area contributed by atoms with Crippen molar-refractivity contribution in [2.45, 2.75) is 13.8 Å². The van der Waals surface area contributed by atoms with Crippen molar-refractivity contribution < 1.29 is 4.58 Å². The van der Waals surface area contributed by atoms with E-state index in [9.17, 15) is 0 Å². The summed E-state index contributed by atoms with van der Waals surface area (Å²) in [5, 5.41) is 6.17. The molecular weight excluding hydrogens is 208 g/mol. The van der Waals surface area contributed by atoms with Gasteiger partial charge in [0.05, 0.1) is 18.4 Å². The van der Waals surface area contributed by atoms with E-state index in [1.54, 1.807) is 0 Å². The van der Waals surface area contributed by atoms with Crippen molar-refractivity contribution in [3.05, 3.63) is 36.4 Å². The summed E-state index contributed by atoms with van der Waals surface area (Å²) < 4.78 is 2.26. The second-order valence-electron chi connectivity index (χ2n) is 4.90. The standard InChI is InChI=1S/C15H16N2/c1-10(2)15-16-12-8-4-6-11-7-5-9-13(14(11)12)17(15)3/h4-10H,1-3H3/p+1. The van der Waals surface area contributed by atoms with Gasteiger partial charge in [-0.15, -0.1) is 0 Å². The third kappa shape index (κ3) is 1.44. The Balaban J connectivity index is 2.38. The Bertz CT molecular complexity index is 619. The summed E-state index contributed by atoms with van der Waals surface area (Å²) in [6.45, 7) is 4.43. The normalized spacial score (nSPS) is 14.4. The first-order valence-electron chi connectivity index (χ1n) is 6.08. The van der Waals surface area contributed by atoms with Crippen LogP contribution in [0.25, 0.3) is 10.8 Å². The minimum absolute atomic E-state index is 0.489. The van der Waals surface area contributed by atoms with Crippen LogP contribution in [0.3, 0.4) is 0 Å². The van der Waals surface area contributed by atoms with Crippen molar-refractivity contribution >= 4 is 28.0 Å². The molecule has 0 saturated heterocycles. The van der Waals surface area contributed by atoms with Crippen LogP contribution < -0.4 is 5.32 Å². The quantitative estimate of drug-likeness (QED) is 0.733. The molecule has 2 nitrogen and oxygen atoms in total. The maximum absolute atomic E-state index is 3.55. The van der Waals surface area contributed by atoms with Crippen LogP contribution in [-0.2, 0) is 0 Å². The molecule has 2 aromatic carbocycles. The van der Waals surface area contributed by atoms with Crippen molar-refractivity contribution in [2.75, 3.05) is 12.4 Å². The van der Waals surface area contributed by atoms with Gasteiger partial charge in [-0.2, -0.15) is 0 Å². The van der Waals surface area contributed by atoms with Gasteiger partial charge in [-0.25, -0.2) is 9.89 Å². The number of nitrogens with zero attached hydrogens (tertiary/aromatic N) is 1. The Morgan fingerprint density at radius 3 is 2.47 bits per heavy atom. The Morgan fingerprint density at radius 2 is 1.76 bits per heavy atom. The zero-order valence-corrected chi connectivity index (χ0v) is 10.5. The van der Waals surface area contributed by atoms with E-state index in [1.165, 1.54) is 28.0 Å². The average molecular weight is 225 g/mol. The summed E-state index contributed by atoms with van der Waals surface area (Å²) in [6.07, 6.45) is 0. The number of benzene rings is 2. The molecule has 2 aromatic rings. The molecule has 0 amide bonds. The lowest BCUT2D eigenvalue weighted by Crippen LogP contribution is -2.30. The third-order valence-corrected chi connectivity index (χ3v) is 3.42. The molecule has 1 N–H and O–H groups in total. The summed E-state index contributed by atoms with van der Waals surface area (Å²) in [7, 11) is 2.13. The van der Waals surface area contributed by atoms with Crippen LogP contribution in [0.5, 0.6) is 0 Å². The molecule has 0 radical (unpaired) electrons. The molecule has 0 fully saturated rings. The van der Waals surface area contributed by atoms with Gasteiger partial charge in [0.15, 0.2) is 0 Å². The monoisotopic (exact) mass is 225 g/mol. The molecule has 0 aromatic heterocycles. The fourth-order valence-corrected chi connectivity index (χ4v) is 2.59. The van der Waals surface area contributed by atoms with Crippen LogP contribution in [0.1, 0.15) is 13.8 Å². The van der Waals surface area contributed by atoms with Gasteiger partial charge in [-0.3, -0.25) is 0 Å². The minimum Gasteiger partial charge on any atom is -0.244 e. The molecule has 3 rings (SSSR count). The van der Waals surface area contributed by atoms with Crippen LogP contribution in [0.2, 0.25) is 0 Å². The Hall–Kier alpha value is -1.83. The molecule has 2 heteroatoms. The molecule has 0 aliphatic carbocycles. The van der Waals surface area contributed by atoms with Crippen molar-refractivity contribution in [3.63, 3.8) is 0 Å². The van der Waals surface area contributed by atoms with E-state index in [0.717, 1.165) is 0 Å². The summed E-state index contributed by atoms with van der Waals surface area (Å²) in [5.74, 6) is 1.75. The van der Waals surface area contributed by atoms with Gasteiger partial charge in [0.2, 0.25) is 0 Å². The highest BCUT2D eigenvalue weighted by molar-refractivity contribution is 6.10. The molecule has 0 atom stereocenters. The first-order chi connectivity index (χ1) is 8.18. The number of nitrogens with one attached hydrogen (secondary N) is 1. The van der Waals surface area contributed by atoms with E-state index in [-0.39, 0.29) is 0 Å². The van der Waals surface area contributed by atoms with Crippen molar-refractivity contribution in [2.24, 2.45) is 5.92 Å². The van der Waals surface area contributed by atoms with E-state index in [2.05, 4.69) is 67.2 Å². The van der Waals surface area contributed by atoms with Gasteiger partial charge < -0.3 is 0 Å². The Kier molecular flexibility index (Phi) is 2.18. The second-order valence-corrected chi connectivity index (χ2v) is 4.90. The van der Waals surface area contributed by atoms with Crippen molar-refractivity contribution in [1.82, 2.24) is 0 Å². The summed E-state index contributed by atoms with van der Waals surface area (Å²) in [5.41, 5.74) is 2.51. The minimum atomic E-state index is 0.489. The summed E-state index contributed by atoms with van der Waals surface area (Å²) >= 11 is 0. The molecule has 17 heavy (non-hydrogen) atoms. The van der Waals surface area contributed by atoms with E-state index >= 15 is 0 Å². The topological polar surface area (TPSA) is 15.0 Å². The molecule has 1 aliphatic rings. The van der Waals surface area contributed by atoms with E-state index in [1.807, 2.05) is 0 Å². The van der Waals surface area contributed by atoms with Crippen molar-refractivity contribution in [1.29, 1.82) is 0 Å². The van der Waals surface area contributed by atoms with Gasteiger partial charge in [0, 0.05) is 0 Å². The number of anilines is 1. The van der Waals surface area contributed by atoms with Gasteiger partial charge in [-0.1, -0.05) is 38.1 Å². The van der Waals surface area contributed by atoms with Gasteiger partial charge in [0.1, 0.15) is 11.4 Å². The SMILES string of the molecule is CC(C)C1=[N+](C)c2cccc3cccc(c23)N1. The van der Waals surface area contributed by atoms with Crippen LogP contribution in [0, 0.1) is 5.92 Å². The average Bonchev–Trinajstić information content (AvgIpc) is 2.33. The highest BCUT2D eigenvalue weighted by atomic mass is 15.1. The van der Waals surface area contributed by atoms with Crippen LogP contribution in [-0.4, -0.2) is 17.5 Å². The zero-order chi connectivity index (χ0) is 12.0.